The second-order valence-electron chi connectivity index (χ2n) is 8.17. The fourth-order valence-corrected chi connectivity index (χ4v) is 6.59. The summed E-state index contributed by atoms with van der Waals surface area (Å²) < 4.78 is 5.48. The van der Waals surface area contributed by atoms with Crippen molar-refractivity contribution in [3.05, 3.63) is 23.8 Å². The Labute approximate surface area is 127 Å². The highest BCUT2D eigenvalue weighted by atomic mass is 16.5. The lowest BCUT2D eigenvalue weighted by Gasteiger charge is -2.59. The highest BCUT2D eigenvalue weighted by Crippen LogP contribution is 2.65. The minimum absolute atomic E-state index is 0.597. The number of anilines is 1. The van der Waals surface area contributed by atoms with Crippen molar-refractivity contribution in [2.45, 2.75) is 44.4 Å². The van der Waals surface area contributed by atoms with Crippen LogP contribution in [0.2, 0.25) is 0 Å². The third kappa shape index (κ3) is 1.71. The third-order valence-corrected chi connectivity index (χ3v) is 6.96. The van der Waals surface area contributed by atoms with E-state index in [0.29, 0.717) is 5.41 Å². The van der Waals surface area contributed by atoms with Gasteiger partial charge in [0, 0.05) is 18.2 Å². The van der Waals surface area contributed by atoms with Gasteiger partial charge in [0.1, 0.15) is 5.75 Å². The molecule has 0 aromatic heterocycles. The zero-order chi connectivity index (χ0) is 14.0. The van der Waals surface area contributed by atoms with Crippen molar-refractivity contribution in [2.75, 3.05) is 19.0 Å². The van der Waals surface area contributed by atoms with Crippen LogP contribution in [0.1, 0.15) is 50.0 Å². The minimum Gasteiger partial charge on any atom is -0.497 e. The Morgan fingerprint density at radius 2 is 1.71 bits per heavy atom. The predicted octanol–water partition coefficient (Wildman–Crippen LogP) is 4.42. The number of ether oxygens (including phenoxy) is 1. The quantitative estimate of drug-likeness (QED) is 0.867. The summed E-state index contributed by atoms with van der Waals surface area (Å²) in [5, 5.41) is 3.67. The average molecular weight is 283 g/mol. The van der Waals surface area contributed by atoms with E-state index in [1.165, 1.54) is 49.8 Å². The van der Waals surface area contributed by atoms with Crippen molar-refractivity contribution in [1.82, 2.24) is 0 Å². The first kappa shape index (κ1) is 12.4. The first-order valence-corrected chi connectivity index (χ1v) is 8.67. The van der Waals surface area contributed by atoms with E-state index >= 15 is 0 Å². The topological polar surface area (TPSA) is 21.3 Å². The summed E-state index contributed by atoms with van der Waals surface area (Å²) in [4.78, 5) is 0. The van der Waals surface area contributed by atoms with E-state index in [-0.39, 0.29) is 0 Å². The van der Waals surface area contributed by atoms with Gasteiger partial charge >= 0.3 is 0 Å². The number of rotatable bonds is 2. The smallest absolute Gasteiger partial charge is 0.119 e. The van der Waals surface area contributed by atoms with Crippen LogP contribution >= 0.6 is 0 Å². The minimum atomic E-state index is 0.597. The molecule has 1 N–H and O–H groups in total. The van der Waals surface area contributed by atoms with E-state index in [4.69, 9.17) is 4.74 Å². The fourth-order valence-electron chi connectivity index (χ4n) is 6.59. The largest absolute Gasteiger partial charge is 0.497 e. The number of methoxy groups -OCH3 is 1. The molecule has 1 aromatic rings. The van der Waals surface area contributed by atoms with Gasteiger partial charge in [0.15, 0.2) is 0 Å². The van der Waals surface area contributed by atoms with Crippen molar-refractivity contribution in [3.63, 3.8) is 0 Å². The van der Waals surface area contributed by atoms with Crippen LogP contribution in [0.4, 0.5) is 5.69 Å². The van der Waals surface area contributed by atoms with Crippen LogP contribution in [0, 0.1) is 23.2 Å². The number of hydrogen-bond donors (Lipinski definition) is 1. The molecular weight excluding hydrogens is 258 g/mol. The molecule has 4 fully saturated rings. The van der Waals surface area contributed by atoms with Gasteiger partial charge in [-0.15, -0.1) is 0 Å². The molecule has 4 bridgehead atoms. The van der Waals surface area contributed by atoms with Crippen molar-refractivity contribution < 1.29 is 4.74 Å². The first-order chi connectivity index (χ1) is 10.3. The molecule has 1 heterocycles. The zero-order valence-electron chi connectivity index (χ0n) is 12.9. The Balaban J connectivity index is 1.55. The van der Waals surface area contributed by atoms with Crippen LogP contribution in [0.3, 0.4) is 0 Å². The summed E-state index contributed by atoms with van der Waals surface area (Å²) in [7, 11) is 1.78. The van der Waals surface area contributed by atoms with Crippen LogP contribution < -0.4 is 10.1 Å². The molecule has 1 aromatic carbocycles. The Kier molecular flexibility index (Phi) is 2.46. The average Bonchev–Trinajstić information content (AvgIpc) is 2.89. The van der Waals surface area contributed by atoms with Gasteiger partial charge in [0.25, 0.3) is 0 Å². The van der Waals surface area contributed by atoms with Gasteiger partial charge in [0.2, 0.25) is 0 Å². The second kappa shape index (κ2) is 4.18. The maximum absolute atomic E-state index is 5.48. The summed E-state index contributed by atoms with van der Waals surface area (Å²) in [6.45, 7) is 1.15. The lowest BCUT2D eigenvalue weighted by atomic mass is 9.46. The highest BCUT2D eigenvalue weighted by molar-refractivity contribution is 5.61. The molecule has 112 valence electrons. The molecule has 1 atom stereocenters. The lowest BCUT2D eigenvalue weighted by molar-refractivity contribution is -0.0653. The van der Waals surface area contributed by atoms with E-state index in [9.17, 15) is 0 Å². The van der Waals surface area contributed by atoms with Gasteiger partial charge in [-0.05, 0) is 85.5 Å². The monoisotopic (exact) mass is 283 g/mol. The molecule has 0 saturated heterocycles. The van der Waals surface area contributed by atoms with Crippen LogP contribution in [-0.2, 0) is 0 Å². The van der Waals surface area contributed by atoms with Crippen molar-refractivity contribution in [2.24, 2.45) is 23.2 Å². The summed E-state index contributed by atoms with van der Waals surface area (Å²) >= 11 is 0. The lowest BCUT2D eigenvalue weighted by Crippen LogP contribution is -2.49. The Bertz CT molecular complexity index is 544. The van der Waals surface area contributed by atoms with Gasteiger partial charge in [-0.25, -0.2) is 0 Å². The maximum atomic E-state index is 5.48. The van der Waals surface area contributed by atoms with Gasteiger partial charge in [0.05, 0.1) is 7.11 Å². The molecule has 2 heteroatoms. The maximum Gasteiger partial charge on any atom is 0.119 e. The number of hydrogen-bond acceptors (Lipinski definition) is 2. The molecule has 0 amide bonds. The Morgan fingerprint density at radius 3 is 2.33 bits per heavy atom. The first-order valence-electron chi connectivity index (χ1n) is 8.67. The third-order valence-electron chi connectivity index (χ3n) is 6.96. The standard InChI is InChI=1S/C19H25NO/c1-21-15-2-3-18-16(7-15)17(11-20-18)19-8-12-4-13(9-19)6-14(5-12)10-19/h2-3,7,12-14,17,20H,4-6,8-11H2,1H3. The van der Waals surface area contributed by atoms with E-state index < -0.39 is 0 Å². The summed E-state index contributed by atoms with van der Waals surface area (Å²) in [6, 6.07) is 6.61. The molecule has 21 heavy (non-hydrogen) atoms. The zero-order valence-corrected chi connectivity index (χ0v) is 12.9. The van der Waals surface area contributed by atoms with Crippen LogP contribution in [-0.4, -0.2) is 13.7 Å². The normalized spacial score (nSPS) is 42.7. The molecule has 4 aliphatic carbocycles. The summed E-state index contributed by atoms with van der Waals surface area (Å²) in [5.74, 6) is 4.84. The summed E-state index contributed by atoms with van der Waals surface area (Å²) in [5.41, 5.74) is 3.49. The van der Waals surface area contributed by atoms with E-state index in [2.05, 4.69) is 23.5 Å². The highest BCUT2D eigenvalue weighted by Gasteiger charge is 2.55. The molecule has 1 unspecified atom stereocenters. The number of nitrogens with one attached hydrogen (secondary N) is 1. The number of fused-ring (bicyclic) bond motifs is 1. The van der Waals surface area contributed by atoms with E-state index in [1.54, 1.807) is 7.11 Å². The molecule has 0 spiro atoms. The Hall–Kier alpha value is -1.18. The predicted molar refractivity (Wildman–Crippen MR) is 84.8 cm³/mol. The molecule has 4 saturated carbocycles. The second-order valence-corrected chi connectivity index (χ2v) is 8.17. The molecule has 2 nitrogen and oxygen atoms in total. The molecule has 0 radical (unpaired) electrons. The summed E-state index contributed by atoms with van der Waals surface area (Å²) in [6.07, 6.45) is 9.06. The van der Waals surface area contributed by atoms with Gasteiger partial charge in [-0.2, -0.15) is 0 Å². The van der Waals surface area contributed by atoms with Gasteiger partial charge in [-0.1, -0.05) is 0 Å². The van der Waals surface area contributed by atoms with Gasteiger partial charge < -0.3 is 10.1 Å². The number of benzene rings is 1. The molecular formula is C19H25NO. The molecule has 1 aliphatic heterocycles. The van der Waals surface area contributed by atoms with Crippen molar-refractivity contribution in [1.29, 1.82) is 0 Å². The van der Waals surface area contributed by atoms with Crippen LogP contribution in [0.15, 0.2) is 18.2 Å². The fraction of sp³-hybridized carbons (Fsp3) is 0.684. The Morgan fingerprint density at radius 1 is 1.05 bits per heavy atom. The molecule has 5 aliphatic rings. The van der Waals surface area contributed by atoms with Gasteiger partial charge in [-0.3, -0.25) is 0 Å². The van der Waals surface area contributed by atoms with Crippen molar-refractivity contribution >= 4 is 5.69 Å². The van der Waals surface area contributed by atoms with Crippen molar-refractivity contribution in [3.8, 4) is 5.75 Å². The van der Waals surface area contributed by atoms with Crippen LogP contribution in [0.5, 0.6) is 5.75 Å². The molecule has 6 rings (SSSR count). The SMILES string of the molecule is COc1ccc2c(c1)C(C13CC4CC(CC(C4)C1)C3)CN2. The van der Waals surface area contributed by atoms with E-state index in [1.807, 2.05) is 0 Å². The van der Waals surface area contributed by atoms with E-state index in [0.717, 1.165) is 36.0 Å². The van der Waals surface area contributed by atoms with Crippen LogP contribution in [0.25, 0.3) is 0 Å².